The zero-order valence-corrected chi connectivity index (χ0v) is 7.85. The Hall–Kier alpha value is -1.55. The molecular weight excluding hydrogens is 206 g/mol. The van der Waals surface area contributed by atoms with Crippen LogP contribution in [0.15, 0.2) is 29.4 Å². The first-order valence-corrected chi connectivity index (χ1v) is 4.23. The van der Waals surface area contributed by atoms with Crippen molar-refractivity contribution in [1.82, 2.24) is 0 Å². The van der Waals surface area contributed by atoms with E-state index in [2.05, 4.69) is 5.16 Å². The quantitative estimate of drug-likeness (QED) is 0.264. The molecule has 14 heavy (non-hydrogen) atoms. The largest absolute Gasteiger partial charge is 0.508 e. The van der Waals surface area contributed by atoms with Crippen molar-refractivity contribution in [3.63, 3.8) is 0 Å². The number of alkyl halides is 1. The van der Waals surface area contributed by atoms with E-state index in [4.69, 9.17) is 21.9 Å². The highest BCUT2D eigenvalue weighted by atomic mass is 35.5. The fraction of sp³-hybridized carbons (Fsp3) is 0.111. The second kappa shape index (κ2) is 4.62. The smallest absolute Gasteiger partial charge is 0.186 e. The normalized spacial score (nSPS) is 12.9. The van der Waals surface area contributed by atoms with Gasteiger partial charge < -0.3 is 10.3 Å². The van der Waals surface area contributed by atoms with Crippen LogP contribution in [0, 0.1) is 0 Å². The molecule has 1 atom stereocenters. The molecule has 0 aliphatic rings. The van der Waals surface area contributed by atoms with E-state index in [1.165, 1.54) is 24.3 Å². The van der Waals surface area contributed by atoms with Crippen molar-refractivity contribution in [3.8, 4) is 5.75 Å². The summed E-state index contributed by atoms with van der Waals surface area (Å²) >= 11 is 5.58. The molecule has 0 saturated carbocycles. The van der Waals surface area contributed by atoms with Crippen LogP contribution in [0.2, 0.25) is 0 Å². The maximum absolute atomic E-state index is 11.4. The van der Waals surface area contributed by atoms with Crippen LogP contribution >= 0.6 is 11.6 Å². The number of hydrogen-bond acceptors (Lipinski definition) is 4. The molecule has 1 unspecified atom stereocenters. The number of halogens is 1. The Balaban J connectivity index is 2.84. The lowest BCUT2D eigenvalue weighted by Gasteiger charge is -2.02. The lowest BCUT2D eigenvalue weighted by atomic mass is 10.1. The van der Waals surface area contributed by atoms with Gasteiger partial charge in [-0.1, -0.05) is 0 Å². The van der Waals surface area contributed by atoms with Crippen molar-refractivity contribution < 1.29 is 15.1 Å². The van der Waals surface area contributed by atoms with Crippen molar-refractivity contribution in [2.75, 3.05) is 0 Å². The Labute approximate surface area is 85.4 Å². The molecular formula is C9H8ClNO3. The van der Waals surface area contributed by atoms with Gasteiger partial charge in [0, 0.05) is 5.56 Å². The van der Waals surface area contributed by atoms with Crippen molar-refractivity contribution in [3.05, 3.63) is 29.8 Å². The molecule has 0 heterocycles. The van der Waals surface area contributed by atoms with Gasteiger partial charge in [-0.05, 0) is 24.3 Å². The summed E-state index contributed by atoms with van der Waals surface area (Å²) in [6, 6.07) is 5.65. The van der Waals surface area contributed by atoms with Crippen molar-refractivity contribution in [2.24, 2.45) is 5.16 Å². The number of aromatic hydroxyl groups is 1. The molecule has 0 aliphatic heterocycles. The number of phenolic OH excluding ortho intramolecular Hbond substituents is 1. The Morgan fingerprint density at radius 3 is 2.50 bits per heavy atom. The summed E-state index contributed by atoms with van der Waals surface area (Å²) in [7, 11) is 0. The van der Waals surface area contributed by atoms with Crippen molar-refractivity contribution >= 4 is 23.6 Å². The number of carbonyl (C=O) groups excluding carboxylic acids is 1. The van der Waals surface area contributed by atoms with E-state index < -0.39 is 5.38 Å². The summed E-state index contributed by atoms with van der Waals surface area (Å²) in [5, 5.41) is 18.8. The molecule has 0 aromatic heterocycles. The minimum absolute atomic E-state index is 0.0727. The number of Topliss-reactive ketones (excluding diaryl/α,β-unsaturated/α-hetero) is 1. The minimum atomic E-state index is -0.996. The Morgan fingerprint density at radius 1 is 1.43 bits per heavy atom. The Morgan fingerprint density at radius 2 is 2.00 bits per heavy atom. The van der Waals surface area contributed by atoms with Crippen molar-refractivity contribution in [2.45, 2.75) is 5.38 Å². The van der Waals surface area contributed by atoms with E-state index in [1.54, 1.807) is 0 Å². The van der Waals surface area contributed by atoms with Gasteiger partial charge in [0.25, 0.3) is 0 Å². The van der Waals surface area contributed by atoms with Crippen LogP contribution in [-0.2, 0) is 0 Å². The highest BCUT2D eigenvalue weighted by Gasteiger charge is 2.15. The fourth-order valence-electron chi connectivity index (χ4n) is 0.911. The molecule has 5 heteroatoms. The molecule has 4 nitrogen and oxygen atoms in total. The summed E-state index contributed by atoms with van der Waals surface area (Å²) in [6.07, 6.45) is 0.927. The van der Waals surface area contributed by atoms with Gasteiger partial charge in [0.1, 0.15) is 11.1 Å². The standard InChI is InChI=1S/C9H8ClNO3/c10-8(5-11-14)9(13)6-1-3-7(12)4-2-6/h1-5,8,12,14H/b11-5-. The summed E-state index contributed by atoms with van der Waals surface area (Å²) < 4.78 is 0. The van der Waals surface area contributed by atoms with E-state index in [0.717, 1.165) is 6.21 Å². The number of nitrogens with zero attached hydrogens (tertiary/aromatic N) is 1. The van der Waals surface area contributed by atoms with Gasteiger partial charge >= 0.3 is 0 Å². The highest BCUT2D eigenvalue weighted by molar-refractivity contribution is 6.41. The lowest BCUT2D eigenvalue weighted by molar-refractivity contribution is 0.100. The van der Waals surface area contributed by atoms with E-state index in [9.17, 15) is 4.79 Å². The van der Waals surface area contributed by atoms with Crippen LogP contribution in [0.1, 0.15) is 10.4 Å². The fourth-order valence-corrected chi connectivity index (χ4v) is 1.09. The first-order valence-electron chi connectivity index (χ1n) is 3.80. The summed E-state index contributed by atoms with van der Waals surface area (Å²) in [4.78, 5) is 11.4. The van der Waals surface area contributed by atoms with Gasteiger partial charge in [0.2, 0.25) is 0 Å². The first kappa shape index (κ1) is 10.5. The van der Waals surface area contributed by atoms with Gasteiger partial charge in [-0.2, -0.15) is 0 Å². The van der Waals surface area contributed by atoms with E-state index in [0.29, 0.717) is 5.56 Å². The van der Waals surface area contributed by atoms with Gasteiger partial charge in [0.15, 0.2) is 5.78 Å². The number of rotatable bonds is 3. The molecule has 0 spiro atoms. The minimum Gasteiger partial charge on any atom is -0.508 e. The third-order valence-corrected chi connectivity index (χ3v) is 1.91. The van der Waals surface area contributed by atoms with Gasteiger partial charge in [-0.25, -0.2) is 0 Å². The summed E-state index contributed by atoms with van der Waals surface area (Å²) in [5.74, 6) is -0.312. The second-order valence-corrected chi connectivity index (χ2v) is 3.05. The topological polar surface area (TPSA) is 69.9 Å². The number of hydrogen-bond donors (Lipinski definition) is 2. The maximum atomic E-state index is 11.4. The predicted molar refractivity (Wildman–Crippen MR) is 52.4 cm³/mol. The van der Waals surface area contributed by atoms with Crippen LogP contribution in [0.25, 0.3) is 0 Å². The number of oxime groups is 1. The summed E-state index contributed by atoms with van der Waals surface area (Å²) in [6.45, 7) is 0. The average molecular weight is 214 g/mol. The van der Waals surface area contributed by atoms with Gasteiger partial charge in [-0.3, -0.25) is 4.79 Å². The average Bonchev–Trinajstić information content (AvgIpc) is 2.18. The summed E-state index contributed by atoms with van der Waals surface area (Å²) in [5.41, 5.74) is 0.350. The lowest BCUT2D eigenvalue weighted by Crippen LogP contribution is -2.15. The SMILES string of the molecule is O=C(c1ccc(O)cc1)C(Cl)/C=N\O. The zero-order valence-electron chi connectivity index (χ0n) is 7.09. The van der Waals surface area contributed by atoms with Crippen LogP contribution in [-0.4, -0.2) is 27.7 Å². The third-order valence-electron chi connectivity index (χ3n) is 1.60. The molecule has 1 aromatic rings. The molecule has 0 fully saturated rings. The van der Waals surface area contributed by atoms with E-state index in [-0.39, 0.29) is 11.5 Å². The first-order chi connectivity index (χ1) is 6.65. The maximum Gasteiger partial charge on any atom is 0.186 e. The monoisotopic (exact) mass is 213 g/mol. The van der Waals surface area contributed by atoms with Crippen LogP contribution < -0.4 is 0 Å². The predicted octanol–water partition coefficient (Wildman–Crippen LogP) is 1.64. The number of ketones is 1. The second-order valence-electron chi connectivity index (χ2n) is 2.58. The third kappa shape index (κ3) is 2.47. The molecule has 1 rings (SSSR count). The zero-order chi connectivity index (χ0) is 10.6. The Kier molecular flexibility index (Phi) is 3.48. The molecule has 0 amide bonds. The van der Waals surface area contributed by atoms with Gasteiger partial charge in [-0.15, -0.1) is 16.8 Å². The van der Waals surface area contributed by atoms with Crippen LogP contribution in [0.5, 0.6) is 5.75 Å². The molecule has 1 aromatic carbocycles. The van der Waals surface area contributed by atoms with Crippen LogP contribution in [0.3, 0.4) is 0 Å². The van der Waals surface area contributed by atoms with E-state index >= 15 is 0 Å². The highest BCUT2D eigenvalue weighted by Crippen LogP contribution is 2.12. The number of phenols is 1. The molecule has 74 valence electrons. The molecule has 2 N–H and O–H groups in total. The Bertz CT molecular complexity index is 348. The van der Waals surface area contributed by atoms with E-state index in [1.807, 2.05) is 0 Å². The molecule has 0 bridgehead atoms. The molecule has 0 aliphatic carbocycles. The van der Waals surface area contributed by atoms with Crippen LogP contribution in [0.4, 0.5) is 0 Å². The van der Waals surface area contributed by atoms with Crippen molar-refractivity contribution in [1.29, 1.82) is 0 Å². The number of benzene rings is 1. The van der Waals surface area contributed by atoms with Gasteiger partial charge in [0.05, 0.1) is 6.21 Å². The number of carbonyl (C=O) groups is 1. The molecule has 0 radical (unpaired) electrons. The molecule has 0 saturated heterocycles.